The standard InChI is InChI=1S/C23H21N2O/c1-13(2)16-9-18-22-20(11-16)26-19-10-15-7-5-6-8-17(15)14(3)21(19)23(22)25(4)12-24-18/h5-13H,1-4H3/q+1. The van der Waals surface area contributed by atoms with Gasteiger partial charge in [0, 0.05) is 0 Å². The van der Waals surface area contributed by atoms with Gasteiger partial charge in [0.2, 0.25) is 0 Å². The van der Waals surface area contributed by atoms with E-state index in [2.05, 4.69) is 79.8 Å². The van der Waals surface area contributed by atoms with Gasteiger partial charge in [0.05, 0.1) is 12.6 Å². The lowest BCUT2D eigenvalue weighted by molar-refractivity contribution is -0.662. The van der Waals surface area contributed by atoms with Crippen LogP contribution >= 0.6 is 0 Å². The van der Waals surface area contributed by atoms with Crippen LogP contribution in [0.3, 0.4) is 0 Å². The van der Waals surface area contributed by atoms with Gasteiger partial charge in [-0.15, -0.1) is 0 Å². The van der Waals surface area contributed by atoms with E-state index in [0.717, 1.165) is 22.4 Å². The summed E-state index contributed by atoms with van der Waals surface area (Å²) >= 11 is 0. The first kappa shape index (κ1) is 15.3. The molecule has 1 aliphatic rings. The number of benzene rings is 3. The monoisotopic (exact) mass is 341 g/mol. The van der Waals surface area contributed by atoms with Gasteiger partial charge in [0.25, 0.3) is 6.33 Å². The maximum absolute atomic E-state index is 6.43. The summed E-state index contributed by atoms with van der Waals surface area (Å²) in [6, 6.07) is 15.0. The van der Waals surface area contributed by atoms with Gasteiger partial charge in [-0.25, -0.2) is 4.57 Å². The molecule has 0 fully saturated rings. The predicted molar refractivity (Wildman–Crippen MR) is 105 cm³/mol. The molecule has 128 valence electrons. The Morgan fingerprint density at radius 3 is 2.65 bits per heavy atom. The van der Waals surface area contributed by atoms with Gasteiger partial charge in [-0.1, -0.05) is 38.1 Å². The van der Waals surface area contributed by atoms with Crippen LogP contribution in [-0.4, -0.2) is 4.98 Å². The van der Waals surface area contributed by atoms with Crippen molar-refractivity contribution in [3.05, 3.63) is 59.9 Å². The van der Waals surface area contributed by atoms with Crippen LogP contribution in [0, 0.1) is 6.92 Å². The van der Waals surface area contributed by atoms with E-state index in [4.69, 9.17) is 4.74 Å². The Morgan fingerprint density at radius 1 is 1.04 bits per heavy atom. The highest BCUT2D eigenvalue weighted by Gasteiger charge is 2.30. The number of aromatic nitrogens is 2. The van der Waals surface area contributed by atoms with Gasteiger partial charge in [-0.3, -0.25) is 0 Å². The second-order valence-electron chi connectivity index (χ2n) is 7.47. The van der Waals surface area contributed by atoms with Crippen molar-refractivity contribution in [3.8, 4) is 22.8 Å². The molecule has 1 aromatic heterocycles. The van der Waals surface area contributed by atoms with Crippen molar-refractivity contribution >= 4 is 21.7 Å². The fraction of sp³-hybridized carbons (Fsp3) is 0.217. The van der Waals surface area contributed by atoms with E-state index >= 15 is 0 Å². The molecule has 0 N–H and O–H groups in total. The van der Waals surface area contributed by atoms with E-state index in [0.29, 0.717) is 5.92 Å². The van der Waals surface area contributed by atoms with Crippen LogP contribution in [0.15, 0.2) is 48.8 Å². The summed E-state index contributed by atoms with van der Waals surface area (Å²) in [5.41, 5.74) is 5.85. The molecular weight excluding hydrogens is 320 g/mol. The molecule has 26 heavy (non-hydrogen) atoms. The quantitative estimate of drug-likeness (QED) is 0.381. The van der Waals surface area contributed by atoms with Crippen LogP contribution in [-0.2, 0) is 7.05 Å². The largest absolute Gasteiger partial charge is 0.456 e. The number of hydrogen-bond donors (Lipinski definition) is 0. The molecule has 1 aliphatic heterocycles. The Morgan fingerprint density at radius 2 is 1.85 bits per heavy atom. The molecule has 5 rings (SSSR count). The number of ether oxygens (including phenoxy) is 1. The molecule has 3 aromatic carbocycles. The first-order valence-corrected chi connectivity index (χ1v) is 9.07. The molecule has 0 saturated carbocycles. The summed E-state index contributed by atoms with van der Waals surface area (Å²) in [5, 5.41) is 3.58. The fourth-order valence-electron chi connectivity index (χ4n) is 4.05. The zero-order valence-electron chi connectivity index (χ0n) is 15.5. The molecule has 3 nitrogen and oxygen atoms in total. The minimum atomic E-state index is 0.429. The Kier molecular flexibility index (Phi) is 3.11. The Labute approximate surface area is 152 Å². The third-order valence-corrected chi connectivity index (χ3v) is 5.46. The zero-order valence-corrected chi connectivity index (χ0v) is 15.5. The molecule has 2 heterocycles. The Hall–Kier alpha value is -2.94. The van der Waals surface area contributed by atoms with Crippen LogP contribution in [0.2, 0.25) is 0 Å². The molecule has 4 aromatic rings. The Balaban J connectivity index is 1.95. The van der Waals surface area contributed by atoms with E-state index in [1.165, 1.54) is 33.2 Å². The average molecular weight is 341 g/mol. The lowest BCUT2D eigenvalue weighted by atomic mass is 9.91. The molecule has 0 amide bonds. The maximum Gasteiger partial charge on any atom is 0.287 e. The first-order valence-electron chi connectivity index (χ1n) is 9.07. The molecule has 0 spiro atoms. The second kappa shape index (κ2) is 5.28. The SMILES string of the molecule is Cc1c2c(cc3ccccc13)Oc1cc(C(C)C)cc3nc[n+](C)c-2c13. The van der Waals surface area contributed by atoms with Gasteiger partial charge in [0.1, 0.15) is 16.9 Å². The minimum absolute atomic E-state index is 0.429. The molecule has 0 bridgehead atoms. The topological polar surface area (TPSA) is 26.0 Å². The van der Waals surface area contributed by atoms with E-state index in [1.54, 1.807) is 0 Å². The van der Waals surface area contributed by atoms with Gasteiger partial charge in [0.15, 0.2) is 11.2 Å². The van der Waals surface area contributed by atoms with Gasteiger partial charge in [-0.05, 0) is 57.9 Å². The summed E-state index contributed by atoms with van der Waals surface area (Å²) in [6.45, 7) is 6.59. The number of nitrogens with zero attached hydrogens (tertiary/aromatic N) is 2. The lowest BCUT2D eigenvalue weighted by Gasteiger charge is -2.23. The summed E-state index contributed by atoms with van der Waals surface area (Å²) in [7, 11) is 2.06. The highest BCUT2D eigenvalue weighted by atomic mass is 16.5. The fourth-order valence-corrected chi connectivity index (χ4v) is 4.05. The molecule has 0 saturated heterocycles. The van der Waals surface area contributed by atoms with E-state index in [-0.39, 0.29) is 0 Å². The van der Waals surface area contributed by atoms with E-state index < -0.39 is 0 Å². The number of rotatable bonds is 1. The predicted octanol–water partition coefficient (Wildman–Crippen LogP) is 5.42. The van der Waals surface area contributed by atoms with Crippen LogP contribution in [0.4, 0.5) is 0 Å². The summed E-state index contributed by atoms with van der Waals surface area (Å²) < 4.78 is 8.55. The van der Waals surface area contributed by atoms with Crippen molar-refractivity contribution in [2.75, 3.05) is 0 Å². The second-order valence-corrected chi connectivity index (χ2v) is 7.47. The van der Waals surface area contributed by atoms with Crippen LogP contribution in [0.5, 0.6) is 11.5 Å². The Bertz CT molecular complexity index is 1210. The van der Waals surface area contributed by atoms with Crippen molar-refractivity contribution in [2.24, 2.45) is 7.05 Å². The molecule has 0 radical (unpaired) electrons. The first-order chi connectivity index (χ1) is 12.5. The molecule has 0 atom stereocenters. The number of fused-ring (bicyclic) bond motifs is 3. The minimum Gasteiger partial charge on any atom is -0.456 e. The molecule has 0 unspecified atom stereocenters. The molecular formula is C23H21N2O+. The van der Waals surface area contributed by atoms with Gasteiger partial charge >= 0.3 is 0 Å². The summed E-state index contributed by atoms with van der Waals surface area (Å²) in [6.07, 6.45) is 1.91. The zero-order chi connectivity index (χ0) is 18.0. The third-order valence-electron chi connectivity index (χ3n) is 5.46. The van der Waals surface area contributed by atoms with Crippen molar-refractivity contribution < 1.29 is 9.30 Å². The van der Waals surface area contributed by atoms with E-state index in [1.807, 2.05) is 6.33 Å². The highest BCUT2D eigenvalue weighted by Crippen LogP contribution is 2.48. The normalized spacial score (nSPS) is 12.5. The maximum atomic E-state index is 6.43. The van der Waals surface area contributed by atoms with Crippen molar-refractivity contribution in [3.63, 3.8) is 0 Å². The van der Waals surface area contributed by atoms with Crippen LogP contribution < -0.4 is 9.30 Å². The smallest absolute Gasteiger partial charge is 0.287 e. The van der Waals surface area contributed by atoms with Crippen LogP contribution in [0.1, 0.15) is 30.9 Å². The summed E-state index contributed by atoms with van der Waals surface area (Å²) in [5.74, 6) is 2.27. The molecule has 3 heteroatoms. The van der Waals surface area contributed by atoms with Crippen molar-refractivity contribution in [1.29, 1.82) is 0 Å². The van der Waals surface area contributed by atoms with Crippen molar-refractivity contribution in [2.45, 2.75) is 26.7 Å². The number of aryl methyl sites for hydroxylation is 2. The third kappa shape index (κ3) is 2.00. The van der Waals surface area contributed by atoms with E-state index in [9.17, 15) is 0 Å². The number of hydrogen-bond acceptors (Lipinski definition) is 2. The lowest BCUT2D eigenvalue weighted by Crippen LogP contribution is -2.32. The average Bonchev–Trinajstić information content (AvgIpc) is 2.63. The van der Waals surface area contributed by atoms with Gasteiger partial charge < -0.3 is 4.74 Å². The summed E-state index contributed by atoms with van der Waals surface area (Å²) in [4.78, 5) is 4.68. The highest BCUT2D eigenvalue weighted by molar-refractivity contribution is 6.04. The molecule has 0 aliphatic carbocycles. The van der Waals surface area contributed by atoms with Crippen LogP contribution in [0.25, 0.3) is 32.9 Å². The van der Waals surface area contributed by atoms with Gasteiger partial charge in [-0.2, -0.15) is 0 Å². The van der Waals surface area contributed by atoms with Crippen molar-refractivity contribution in [1.82, 2.24) is 4.98 Å².